The number of hydrogen-bond donors (Lipinski definition) is 3. The smallest absolute Gasteiger partial charge is 0.345 e. The molecule has 148 heavy (non-hydrogen) atoms. The van der Waals surface area contributed by atoms with Gasteiger partial charge in [0.1, 0.15) is 45.0 Å². The van der Waals surface area contributed by atoms with Crippen molar-refractivity contribution in [3.05, 3.63) is 324 Å². The number of nitrogens with zero attached hydrogens (tertiary/aromatic N) is 17. The summed E-state index contributed by atoms with van der Waals surface area (Å²) in [6.07, 6.45) is 24.1. The van der Waals surface area contributed by atoms with Gasteiger partial charge in [-0.2, -0.15) is 0 Å². The van der Waals surface area contributed by atoms with E-state index in [0.29, 0.717) is 114 Å². The Balaban J connectivity index is 0.0000000988. The molecule has 15 aromatic heterocycles. The number of halogens is 4. The van der Waals surface area contributed by atoms with Crippen LogP contribution in [0, 0.1) is 30.2 Å². The summed E-state index contributed by atoms with van der Waals surface area (Å²) >= 11 is 0. The number of rotatable bonds is 11. The third-order valence-corrected chi connectivity index (χ3v) is 29.8. The Kier molecular flexibility index (Phi) is 24.4. The van der Waals surface area contributed by atoms with Crippen molar-refractivity contribution in [1.82, 2.24) is 72.7 Å². The van der Waals surface area contributed by atoms with Gasteiger partial charge in [0.05, 0.1) is 56.3 Å². The van der Waals surface area contributed by atoms with Gasteiger partial charge in [-0.05, 0) is 237 Å². The number of anilines is 5. The molecule has 30 nitrogen and oxygen atoms in total. The monoisotopic (exact) mass is 1990 g/mol. The molecule has 4 bridgehead atoms. The Morgan fingerprint density at radius 1 is 0.351 bits per heavy atom. The standard InChI is InChI=1S/C24H23FN4O2.C24H24N4O2.C22H19FN4O2.2C22H21FN4O2/c1-27-6-8-28(9-7-27)18-5-4-16-10-19(24(30)31-22(16)12-18)21-14-29-13-17(15-2-3-15)11-20(25)23(29)26-21;1-16-3-2-8-27-15-21(25-23(16)27)20-13-17-4-5-19(14-22(17)30-24(20)29)28-12-11-26-9-6-18(28)7-10-26;23-18-2-1-7-26-12-19(25-21(18)26)17-8-13-3-6-16(9-20(13)29-22(17)28)27-10-14-4-5-15(11-27)24-14;1-22(2)13-26(8-7-24-22)16-5-3-14-9-17(21(28)29-19(14)10-16)18-12-27-11-15(23)4-6-20(27)25-18;1-22(2)13-27(9-7-24-22)15-6-5-14-10-16(21(28)29-19(14)11-15)18-12-26-8-3-4-17(23)20(26)25-18/h4-5,10-15H,2-3,6-9H2,1H3;2-5,8,13-15,18H,6-7,9-12H2,1H3;1-3,6-9,12,14-15,24H,4-5,10-11H2;3-6,9-12,24H,7-8,13H2,1-2H3;3-6,8,10-12,24H,7,9,13H2,1-2H3. The zero-order valence-electron chi connectivity index (χ0n) is 82.6. The summed E-state index contributed by atoms with van der Waals surface area (Å²) in [4.78, 5) is 102. The van der Waals surface area contributed by atoms with Crippen molar-refractivity contribution in [3.63, 3.8) is 0 Å². The fourth-order valence-corrected chi connectivity index (χ4v) is 21.8. The largest absolute Gasteiger partial charge is 0.422 e. The molecule has 2 unspecified atom stereocenters. The molecule has 0 radical (unpaired) electrons. The van der Waals surface area contributed by atoms with Crippen LogP contribution in [0.1, 0.15) is 83.3 Å². The number of likely N-dealkylation sites (N-methyl/N-ethyl adjacent to an activating group) is 1. The summed E-state index contributed by atoms with van der Waals surface area (Å²) in [6, 6.07) is 55.0. The summed E-state index contributed by atoms with van der Waals surface area (Å²) < 4.78 is 92.5. The van der Waals surface area contributed by atoms with Crippen LogP contribution in [-0.2, 0) is 0 Å². The molecule has 5 aromatic carbocycles. The van der Waals surface area contributed by atoms with Gasteiger partial charge < -0.3 is 94.3 Å². The third kappa shape index (κ3) is 19.1. The topological polar surface area (TPSA) is 296 Å². The second-order valence-electron chi connectivity index (χ2n) is 41.4. The maximum Gasteiger partial charge on any atom is 0.345 e. The molecule has 29 rings (SSSR count). The lowest BCUT2D eigenvalue weighted by molar-refractivity contribution is 0.250. The molecule has 0 spiro atoms. The molecule has 0 amide bonds. The SMILES string of the molecule is CC1(C)CN(c2ccc3cc(-c4cn5cc(F)ccc5n4)c(=O)oc3c2)CCN1.CC1(C)CN(c2ccc3cc(-c4cn5cccc(F)c5n4)c(=O)oc3c2)CCN1.CN1CCN(c2ccc3cc(-c4cn5cc(C6CC6)cc(F)c5n4)c(=O)oc3c2)CC1.Cc1cccn2cc(-c3cc4ccc(N5CCN6CCC5CC6)cc4oc3=O)nc12.O=c1oc2cc(N3CC4CCC(C3)N4)ccc2cc1-c1cn2cccc(F)c2n1. The van der Waals surface area contributed by atoms with Crippen LogP contribution in [0.25, 0.3) is 139 Å². The van der Waals surface area contributed by atoms with Crippen molar-refractivity contribution >= 4 is 112 Å². The van der Waals surface area contributed by atoms with Gasteiger partial charge in [0.25, 0.3) is 0 Å². The average molecular weight is 1990 g/mol. The van der Waals surface area contributed by atoms with Gasteiger partial charge in [-0.25, -0.2) is 66.5 Å². The number of hydrogen-bond acceptors (Lipinski definition) is 25. The quantitative estimate of drug-likeness (QED) is 0.0800. The molecule has 8 saturated heterocycles. The lowest BCUT2D eigenvalue weighted by Gasteiger charge is -2.40. The molecule has 2 atom stereocenters. The van der Waals surface area contributed by atoms with Crippen molar-refractivity contribution in [3.8, 4) is 56.3 Å². The second-order valence-corrected chi connectivity index (χ2v) is 41.4. The number of aromatic nitrogens is 10. The first-order valence-electron chi connectivity index (χ1n) is 50.5. The highest BCUT2D eigenvalue weighted by molar-refractivity contribution is 5.90. The van der Waals surface area contributed by atoms with Crippen LogP contribution >= 0.6 is 0 Å². The van der Waals surface area contributed by atoms with E-state index in [1.54, 1.807) is 103 Å². The van der Waals surface area contributed by atoms with Crippen LogP contribution in [0.4, 0.5) is 46.0 Å². The molecule has 20 aromatic rings. The van der Waals surface area contributed by atoms with Crippen molar-refractivity contribution in [1.29, 1.82) is 0 Å². The molecular weight excluding hydrogens is 1890 g/mol. The zero-order chi connectivity index (χ0) is 101. The summed E-state index contributed by atoms with van der Waals surface area (Å²) in [6.45, 7) is 26.4. The van der Waals surface area contributed by atoms with Crippen LogP contribution in [0.3, 0.4) is 0 Å². The van der Waals surface area contributed by atoms with Gasteiger partial charge in [0.2, 0.25) is 0 Å². The number of piperazine rings is 4. The Bertz CT molecular complexity index is 8760. The van der Waals surface area contributed by atoms with E-state index in [1.165, 1.54) is 63.2 Å². The van der Waals surface area contributed by atoms with Crippen molar-refractivity contribution in [2.24, 2.45) is 0 Å². The van der Waals surface area contributed by atoms with Gasteiger partial charge in [0.15, 0.2) is 34.4 Å². The van der Waals surface area contributed by atoms with E-state index in [2.05, 4.69) is 134 Å². The molecule has 9 fully saturated rings. The first kappa shape index (κ1) is 94.4. The molecule has 23 heterocycles. The highest BCUT2D eigenvalue weighted by atomic mass is 19.1. The minimum Gasteiger partial charge on any atom is -0.422 e. The number of benzene rings is 5. The van der Waals surface area contributed by atoms with E-state index in [0.717, 1.165) is 177 Å². The zero-order valence-corrected chi connectivity index (χ0v) is 82.6. The number of pyridine rings is 5. The molecule has 9 aliphatic rings. The van der Waals surface area contributed by atoms with Gasteiger partial charge in [-0.15, -0.1) is 0 Å². The van der Waals surface area contributed by atoms with E-state index in [4.69, 9.17) is 22.1 Å². The predicted octanol–water partition coefficient (Wildman–Crippen LogP) is 17.6. The molecule has 752 valence electrons. The fraction of sp³-hybridized carbons (Fsp3) is 0.298. The first-order chi connectivity index (χ1) is 71.6. The van der Waals surface area contributed by atoms with Crippen molar-refractivity contribution in [2.75, 3.05) is 136 Å². The van der Waals surface area contributed by atoms with E-state index >= 15 is 0 Å². The second kappa shape index (κ2) is 38.2. The number of aryl methyl sites for hydroxylation is 1. The fourth-order valence-electron chi connectivity index (χ4n) is 21.8. The normalized spacial score (nSPS) is 18.7. The summed E-state index contributed by atoms with van der Waals surface area (Å²) in [5.41, 5.74) is 14.2. The summed E-state index contributed by atoms with van der Waals surface area (Å²) in [7, 11) is 2.12. The molecular formula is C114H108F4N20O10. The molecule has 8 aliphatic heterocycles. The highest BCUT2D eigenvalue weighted by Gasteiger charge is 2.36. The maximum atomic E-state index is 14.6. The lowest BCUT2D eigenvalue weighted by Crippen LogP contribution is -2.57. The predicted molar refractivity (Wildman–Crippen MR) is 567 cm³/mol. The van der Waals surface area contributed by atoms with Gasteiger partial charge in [-0.1, -0.05) is 6.07 Å². The van der Waals surface area contributed by atoms with Crippen LogP contribution < -0.4 is 68.6 Å². The molecule has 1 aliphatic carbocycles. The number of piperidine rings is 1. The van der Waals surface area contributed by atoms with Crippen molar-refractivity contribution in [2.45, 2.75) is 108 Å². The Morgan fingerprint density at radius 2 is 0.750 bits per heavy atom. The van der Waals surface area contributed by atoms with E-state index in [1.807, 2.05) is 115 Å². The van der Waals surface area contributed by atoms with Gasteiger partial charge in [0, 0.05) is 282 Å². The number of nitrogens with one attached hydrogen (secondary N) is 3. The lowest BCUT2D eigenvalue weighted by atomic mass is 10.0. The van der Waals surface area contributed by atoms with Gasteiger partial charge in [-0.3, -0.25) is 0 Å². The minimum atomic E-state index is -0.487. The average Bonchev–Trinajstić information content (AvgIpc) is 1.62. The third-order valence-electron chi connectivity index (χ3n) is 29.8. The first-order valence-corrected chi connectivity index (χ1v) is 50.5. The molecule has 34 heteroatoms. The summed E-state index contributed by atoms with van der Waals surface area (Å²) in [5.74, 6) is -1.16. The highest BCUT2D eigenvalue weighted by Crippen LogP contribution is 2.42. The number of imidazole rings is 5. The van der Waals surface area contributed by atoms with Crippen LogP contribution in [-0.4, -0.2) is 198 Å². The Hall–Kier alpha value is -15.9. The molecule has 3 N–H and O–H groups in total. The van der Waals surface area contributed by atoms with Crippen LogP contribution in [0.2, 0.25) is 0 Å². The molecule has 1 saturated carbocycles. The maximum absolute atomic E-state index is 14.6. The van der Waals surface area contributed by atoms with E-state index in [9.17, 15) is 41.5 Å². The van der Waals surface area contributed by atoms with Crippen LogP contribution in [0.5, 0.6) is 0 Å². The van der Waals surface area contributed by atoms with Crippen molar-refractivity contribution < 1.29 is 39.6 Å². The van der Waals surface area contributed by atoms with E-state index in [-0.39, 0.29) is 45.3 Å². The Morgan fingerprint density at radius 3 is 1.20 bits per heavy atom. The van der Waals surface area contributed by atoms with Gasteiger partial charge >= 0.3 is 28.1 Å². The van der Waals surface area contributed by atoms with Crippen LogP contribution in [0.15, 0.2) is 284 Å². The summed E-state index contributed by atoms with van der Waals surface area (Å²) in [5, 5.41) is 14.8. The number of fused-ring (bicyclic) bond motifs is 16. The minimum absolute atomic E-state index is 0.0241. The Labute approximate surface area is 844 Å². The van der Waals surface area contributed by atoms with E-state index < -0.39 is 34.1 Å².